The maximum atomic E-state index is 13.6. The van der Waals surface area contributed by atoms with Crippen LogP contribution in [-0.2, 0) is 11.3 Å². The van der Waals surface area contributed by atoms with Crippen LogP contribution in [0.1, 0.15) is 17.5 Å². The normalized spacial score (nSPS) is 15.9. The number of hydrogen-bond acceptors (Lipinski definition) is 3. The third-order valence-corrected chi connectivity index (χ3v) is 3.00. The summed E-state index contributed by atoms with van der Waals surface area (Å²) in [6.45, 7) is 4.11. The Balaban J connectivity index is 2.05. The van der Waals surface area contributed by atoms with Gasteiger partial charge in [0.15, 0.2) is 0 Å². The number of ether oxygens (including phenoxy) is 1. The standard InChI is InChI=1S/C15H18FNO2/c16-15-5-4-13(11-14(15)3-1-2-8-18)12-17-6-9-19-10-7-17/h4-5,11,18H,2,6-10,12H2. The minimum atomic E-state index is -0.309. The second-order valence-corrected chi connectivity index (χ2v) is 4.48. The second-order valence-electron chi connectivity index (χ2n) is 4.48. The molecule has 2 rings (SSSR count). The molecule has 0 bridgehead atoms. The van der Waals surface area contributed by atoms with Gasteiger partial charge in [-0.3, -0.25) is 4.90 Å². The molecule has 1 N–H and O–H groups in total. The van der Waals surface area contributed by atoms with E-state index in [9.17, 15) is 4.39 Å². The van der Waals surface area contributed by atoms with Crippen LogP contribution in [0.5, 0.6) is 0 Å². The first kappa shape index (κ1) is 14.0. The molecular formula is C15H18FNO2. The first-order valence-corrected chi connectivity index (χ1v) is 6.48. The highest BCUT2D eigenvalue weighted by Crippen LogP contribution is 2.12. The number of nitrogens with zero attached hydrogens (tertiary/aromatic N) is 1. The number of halogens is 1. The Bertz CT molecular complexity index is 473. The van der Waals surface area contributed by atoms with Crippen molar-refractivity contribution in [2.24, 2.45) is 0 Å². The summed E-state index contributed by atoms with van der Waals surface area (Å²) in [5.41, 5.74) is 1.45. The van der Waals surface area contributed by atoms with Gasteiger partial charge in [-0.2, -0.15) is 0 Å². The van der Waals surface area contributed by atoms with Crippen molar-refractivity contribution < 1.29 is 14.2 Å². The average molecular weight is 263 g/mol. The van der Waals surface area contributed by atoms with Crippen LogP contribution in [0.2, 0.25) is 0 Å². The van der Waals surface area contributed by atoms with Crippen molar-refractivity contribution >= 4 is 0 Å². The first-order valence-electron chi connectivity index (χ1n) is 6.48. The molecule has 1 aliphatic rings. The zero-order chi connectivity index (χ0) is 13.5. The van der Waals surface area contributed by atoms with Crippen LogP contribution in [0.15, 0.2) is 18.2 Å². The topological polar surface area (TPSA) is 32.7 Å². The lowest BCUT2D eigenvalue weighted by molar-refractivity contribution is 0.0342. The largest absolute Gasteiger partial charge is 0.395 e. The van der Waals surface area contributed by atoms with E-state index in [4.69, 9.17) is 9.84 Å². The van der Waals surface area contributed by atoms with Gasteiger partial charge in [-0.1, -0.05) is 17.9 Å². The summed E-state index contributed by atoms with van der Waals surface area (Å²) >= 11 is 0. The summed E-state index contributed by atoms with van der Waals surface area (Å²) in [6.07, 6.45) is 0.368. The molecule has 0 spiro atoms. The van der Waals surface area contributed by atoms with E-state index in [2.05, 4.69) is 16.7 Å². The number of benzene rings is 1. The third-order valence-electron chi connectivity index (χ3n) is 3.00. The Kier molecular flexibility index (Phi) is 5.34. The summed E-state index contributed by atoms with van der Waals surface area (Å²) < 4.78 is 18.9. The summed E-state index contributed by atoms with van der Waals surface area (Å²) in [6, 6.07) is 5.04. The van der Waals surface area contributed by atoms with E-state index in [0.29, 0.717) is 12.0 Å². The Hall–Kier alpha value is -1.41. The summed E-state index contributed by atoms with van der Waals surface area (Å²) in [4.78, 5) is 2.28. The molecule has 4 heteroatoms. The quantitative estimate of drug-likeness (QED) is 0.837. The molecule has 0 atom stereocenters. The van der Waals surface area contributed by atoms with Gasteiger partial charge in [0.25, 0.3) is 0 Å². The fourth-order valence-corrected chi connectivity index (χ4v) is 2.00. The van der Waals surface area contributed by atoms with Gasteiger partial charge in [0, 0.05) is 26.1 Å². The van der Waals surface area contributed by atoms with Gasteiger partial charge >= 0.3 is 0 Å². The molecule has 1 aromatic carbocycles. The van der Waals surface area contributed by atoms with Crippen molar-refractivity contribution in [1.29, 1.82) is 0 Å². The summed E-state index contributed by atoms with van der Waals surface area (Å²) in [5.74, 6) is 5.20. The van der Waals surface area contributed by atoms with Crippen molar-refractivity contribution in [2.45, 2.75) is 13.0 Å². The SMILES string of the molecule is OCCC#Cc1cc(CN2CCOCC2)ccc1F. The molecule has 0 aliphatic carbocycles. The van der Waals surface area contributed by atoms with Crippen molar-refractivity contribution in [3.63, 3.8) is 0 Å². The number of morpholine rings is 1. The molecule has 1 heterocycles. The Morgan fingerprint density at radius 3 is 2.84 bits per heavy atom. The number of hydrogen-bond donors (Lipinski definition) is 1. The Morgan fingerprint density at radius 1 is 1.32 bits per heavy atom. The second kappa shape index (κ2) is 7.25. The molecule has 1 saturated heterocycles. The van der Waals surface area contributed by atoms with Crippen LogP contribution in [0, 0.1) is 17.7 Å². The molecule has 0 amide bonds. The molecule has 19 heavy (non-hydrogen) atoms. The van der Waals surface area contributed by atoms with Gasteiger partial charge in [0.1, 0.15) is 5.82 Å². The molecule has 0 saturated carbocycles. The van der Waals surface area contributed by atoms with Crippen LogP contribution in [-0.4, -0.2) is 42.9 Å². The Morgan fingerprint density at radius 2 is 2.11 bits per heavy atom. The van der Waals surface area contributed by atoms with Gasteiger partial charge < -0.3 is 9.84 Å². The fourth-order valence-electron chi connectivity index (χ4n) is 2.00. The van der Waals surface area contributed by atoms with E-state index in [-0.39, 0.29) is 12.4 Å². The molecule has 102 valence electrons. The zero-order valence-electron chi connectivity index (χ0n) is 10.9. The van der Waals surface area contributed by atoms with Crippen molar-refractivity contribution in [3.05, 3.63) is 35.1 Å². The number of aliphatic hydroxyl groups excluding tert-OH is 1. The van der Waals surface area contributed by atoms with E-state index in [1.807, 2.05) is 0 Å². The monoisotopic (exact) mass is 263 g/mol. The predicted molar refractivity (Wildman–Crippen MR) is 71.1 cm³/mol. The third kappa shape index (κ3) is 4.32. The molecule has 0 aromatic heterocycles. The van der Waals surface area contributed by atoms with E-state index in [1.54, 1.807) is 12.1 Å². The van der Waals surface area contributed by atoms with E-state index in [1.165, 1.54) is 6.07 Å². The maximum Gasteiger partial charge on any atom is 0.138 e. The number of aliphatic hydroxyl groups is 1. The van der Waals surface area contributed by atoms with E-state index in [0.717, 1.165) is 38.4 Å². The lowest BCUT2D eigenvalue weighted by Gasteiger charge is -2.26. The molecule has 0 radical (unpaired) electrons. The van der Waals surface area contributed by atoms with Crippen molar-refractivity contribution in [1.82, 2.24) is 4.90 Å². The van der Waals surface area contributed by atoms with Crippen LogP contribution in [0.4, 0.5) is 4.39 Å². The smallest absolute Gasteiger partial charge is 0.138 e. The van der Waals surface area contributed by atoms with Gasteiger partial charge in [-0.15, -0.1) is 0 Å². The highest BCUT2D eigenvalue weighted by atomic mass is 19.1. The minimum absolute atomic E-state index is 0.00207. The van der Waals surface area contributed by atoms with Gasteiger partial charge in [0.2, 0.25) is 0 Å². The van der Waals surface area contributed by atoms with Gasteiger partial charge in [0.05, 0.1) is 25.4 Å². The Labute approximate surface area is 113 Å². The molecular weight excluding hydrogens is 245 g/mol. The minimum Gasteiger partial charge on any atom is -0.395 e. The fraction of sp³-hybridized carbons (Fsp3) is 0.467. The van der Waals surface area contributed by atoms with Crippen LogP contribution < -0.4 is 0 Å². The molecule has 1 aromatic rings. The van der Waals surface area contributed by atoms with Crippen LogP contribution in [0.25, 0.3) is 0 Å². The van der Waals surface area contributed by atoms with Crippen LogP contribution >= 0.6 is 0 Å². The van der Waals surface area contributed by atoms with Crippen molar-refractivity contribution in [3.8, 4) is 11.8 Å². The van der Waals surface area contributed by atoms with E-state index >= 15 is 0 Å². The van der Waals surface area contributed by atoms with Crippen LogP contribution in [0.3, 0.4) is 0 Å². The average Bonchev–Trinajstić information content (AvgIpc) is 2.44. The predicted octanol–water partition coefficient (Wildman–Crippen LogP) is 1.39. The van der Waals surface area contributed by atoms with E-state index < -0.39 is 0 Å². The highest BCUT2D eigenvalue weighted by Gasteiger charge is 2.11. The lowest BCUT2D eigenvalue weighted by atomic mass is 10.1. The first-order chi connectivity index (χ1) is 9.29. The van der Waals surface area contributed by atoms with Crippen molar-refractivity contribution in [2.75, 3.05) is 32.9 Å². The maximum absolute atomic E-state index is 13.6. The zero-order valence-corrected chi connectivity index (χ0v) is 10.9. The van der Waals surface area contributed by atoms with Gasteiger partial charge in [-0.25, -0.2) is 4.39 Å². The molecule has 1 aliphatic heterocycles. The van der Waals surface area contributed by atoms with Gasteiger partial charge in [-0.05, 0) is 17.7 Å². The molecule has 0 unspecified atom stereocenters. The lowest BCUT2D eigenvalue weighted by Crippen LogP contribution is -2.35. The summed E-state index contributed by atoms with van der Waals surface area (Å²) in [5, 5.41) is 8.67. The number of rotatable bonds is 3. The highest BCUT2D eigenvalue weighted by molar-refractivity contribution is 5.38. The molecule has 1 fully saturated rings. The summed E-state index contributed by atoms with van der Waals surface area (Å²) in [7, 11) is 0. The molecule has 3 nitrogen and oxygen atoms in total.